The molecule has 2 atom stereocenters. The van der Waals surface area contributed by atoms with Crippen molar-refractivity contribution in [2.45, 2.75) is 12.8 Å². The maximum absolute atomic E-state index is 12.5. The number of amides is 3. The van der Waals surface area contributed by atoms with Crippen LogP contribution in [0.5, 0.6) is 0 Å². The molecule has 8 heteroatoms. The summed E-state index contributed by atoms with van der Waals surface area (Å²) >= 11 is 1.57. The largest absolute Gasteiger partial charge is 0.325 e. The zero-order valence-electron chi connectivity index (χ0n) is 15.4. The molecule has 0 unspecified atom stereocenters. The van der Waals surface area contributed by atoms with E-state index in [4.69, 9.17) is 0 Å². The topological polar surface area (TPSA) is 83.8 Å². The van der Waals surface area contributed by atoms with Gasteiger partial charge in [0.1, 0.15) is 6.54 Å². The molecule has 1 N–H and O–H groups in total. The third-order valence-corrected chi connectivity index (χ3v) is 6.23. The first-order valence-corrected chi connectivity index (χ1v) is 10.3. The molecular weight excluding hydrogens is 388 g/mol. The van der Waals surface area contributed by atoms with Gasteiger partial charge in [-0.15, -0.1) is 11.3 Å². The Morgan fingerprint density at radius 2 is 1.79 bits per heavy atom. The second-order valence-electron chi connectivity index (χ2n) is 7.26. The number of imide groups is 1. The van der Waals surface area contributed by atoms with Crippen molar-refractivity contribution >= 4 is 39.7 Å². The number of anilines is 1. The lowest BCUT2D eigenvalue weighted by molar-refractivity contribution is -0.142. The van der Waals surface area contributed by atoms with Crippen LogP contribution >= 0.6 is 11.3 Å². The molecule has 7 nitrogen and oxygen atoms in total. The van der Waals surface area contributed by atoms with Crippen molar-refractivity contribution < 1.29 is 14.4 Å². The molecule has 1 fully saturated rings. The number of fused-ring (bicyclic) bond motifs is 2. The molecule has 3 amide bonds. The summed E-state index contributed by atoms with van der Waals surface area (Å²) in [6.45, 7) is -0.246. The number of benzene rings is 1. The lowest BCUT2D eigenvalue weighted by atomic mass is 9.85. The standard InChI is InChI=1S/C21H18N4O3S/c26-18(12-25-19(27)15-3-1-2-4-16(15)20(25)28)22-14-7-5-13(6-8-14)17-11-24-9-10-29-21(24)23-17/h1-2,5-11,15-16H,3-4,12H2,(H,22,26)/t15-,16-/m1/s1. The van der Waals surface area contributed by atoms with Gasteiger partial charge < -0.3 is 5.32 Å². The maximum atomic E-state index is 12.5. The fourth-order valence-corrected chi connectivity index (χ4v) is 4.66. The van der Waals surface area contributed by atoms with Crippen LogP contribution < -0.4 is 5.32 Å². The number of nitrogens with one attached hydrogen (secondary N) is 1. The van der Waals surface area contributed by atoms with Crippen LogP contribution in [0, 0.1) is 11.8 Å². The van der Waals surface area contributed by atoms with Gasteiger partial charge >= 0.3 is 0 Å². The number of hydrogen-bond acceptors (Lipinski definition) is 5. The summed E-state index contributed by atoms with van der Waals surface area (Å²) in [5.41, 5.74) is 2.41. The third-order valence-electron chi connectivity index (χ3n) is 5.46. The smallest absolute Gasteiger partial charge is 0.244 e. The van der Waals surface area contributed by atoms with E-state index in [0.717, 1.165) is 21.1 Å². The second kappa shape index (κ2) is 6.97. The molecule has 0 bridgehead atoms. The van der Waals surface area contributed by atoms with Crippen LogP contribution in [0.3, 0.4) is 0 Å². The molecule has 0 saturated carbocycles. The molecule has 1 aliphatic heterocycles. The lowest BCUT2D eigenvalue weighted by Gasteiger charge is -2.14. The highest BCUT2D eigenvalue weighted by atomic mass is 32.1. The zero-order valence-corrected chi connectivity index (χ0v) is 16.3. The number of carbonyl (C=O) groups is 3. The first kappa shape index (κ1) is 17.8. The van der Waals surface area contributed by atoms with Gasteiger partial charge in [0, 0.05) is 29.0 Å². The summed E-state index contributed by atoms with van der Waals surface area (Å²) in [4.78, 5) is 44.0. The van der Waals surface area contributed by atoms with Crippen molar-refractivity contribution in [2.24, 2.45) is 11.8 Å². The van der Waals surface area contributed by atoms with Crippen LogP contribution in [0.25, 0.3) is 16.2 Å². The number of carbonyl (C=O) groups excluding carboxylic acids is 3. The van der Waals surface area contributed by atoms with Gasteiger partial charge in [0.25, 0.3) is 0 Å². The van der Waals surface area contributed by atoms with E-state index in [1.54, 1.807) is 23.5 Å². The number of allylic oxidation sites excluding steroid dienone is 2. The van der Waals surface area contributed by atoms with E-state index in [2.05, 4.69) is 10.3 Å². The molecule has 1 aromatic carbocycles. The highest BCUT2D eigenvalue weighted by molar-refractivity contribution is 7.15. The van der Waals surface area contributed by atoms with Crippen LogP contribution in [0.1, 0.15) is 12.8 Å². The molecule has 3 heterocycles. The third kappa shape index (κ3) is 3.15. The van der Waals surface area contributed by atoms with Gasteiger partial charge in [0.05, 0.1) is 17.5 Å². The summed E-state index contributed by atoms with van der Waals surface area (Å²) < 4.78 is 1.97. The van der Waals surface area contributed by atoms with Gasteiger partial charge in [-0.3, -0.25) is 23.7 Å². The van der Waals surface area contributed by atoms with Gasteiger partial charge in [-0.1, -0.05) is 24.3 Å². The van der Waals surface area contributed by atoms with Crippen LogP contribution in [-0.2, 0) is 14.4 Å². The molecule has 146 valence electrons. The number of imidazole rings is 1. The predicted octanol–water partition coefficient (Wildman–Crippen LogP) is 2.95. The van der Waals surface area contributed by atoms with E-state index >= 15 is 0 Å². The highest BCUT2D eigenvalue weighted by Crippen LogP contribution is 2.34. The fourth-order valence-electron chi connectivity index (χ4n) is 3.96. The Labute approximate surface area is 170 Å². The molecule has 0 spiro atoms. The molecule has 3 aromatic rings. The Morgan fingerprint density at radius 3 is 2.45 bits per heavy atom. The molecule has 1 saturated heterocycles. The first-order chi connectivity index (χ1) is 14.1. The van der Waals surface area contributed by atoms with E-state index in [0.29, 0.717) is 18.5 Å². The van der Waals surface area contributed by atoms with Crippen LogP contribution in [0.15, 0.2) is 54.2 Å². The number of thiazole rings is 1. The van der Waals surface area contributed by atoms with E-state index in [1.807, 2.05) is 46.5 Å². The summed E-state index contributed by atoms with van der Waals surface area (Å²) in [6.07, 6.45) is 8.92. The van der Waals surface area contributed by atoms with E-state index in [-0.39, 0.29) is 36.1 Å². The number of nitrogens with zero attached hydrogens (tertiary/aromatic N) is 3. The van der Waals surface area contributed by atoms with Crippen molar-refractivity contribution in [1.29, 1.82) is 0 Å². The Kier molecular flexibility index (Phi) is 4.28. The summed E-state index contributed by atoms with van der Waals surface area (Å²) in [6, 6.07) is 7.35. The molecule has 5 rings (SSSR count). The number of aromatic nitrogens is 2. The van der Waals surface area contributed by atoms with E-state index in [1.165, 1.54) is 0 Å². The Hall–Kier alpha value is -3.26. The normalized spacial score (nSPS) is 21.0. The zero-order chi connectivity index (χ0) is 20.0. The Morgan fingerprint density at radius 1 is 1.10 bits per heavy atom. The fraction of sp³-hybridized carbons (Fsp3) is 0.238. The van der Waals surface area contributed by atoms with Gasteiger partial charge in [-0.2, -0.15) is 0 Å². The van der Waals surface area contributed by atoms with Crippen molar-refractivity contribution in [3.63, 3.8) is 0 Å². The molecular formula is C21H18N4O3S. The Bertz CT molecular complexity index is 1090. The summed E-state index contributed by atoms with van der Waals surface area (Å²) in [5, 5.41) is 4.75. The first-order valence-electron chi connectivity index (χ1n) is 9.43. The van der Waals surface area contributed by atoms with E-state index in [9.17, 15) is 14.4 Å². The van der Waals surface area contributed by atoms with Gasteiger partial charge in [0.15, 0.2) is 4.96 Å². The molecule has 2 aromatic heterocycles. The minimum atomic E-state index is -0.381. The summed E-state index contributed by atoms with van der Waals surface area (Å²) in [5.74, 6) is -1.49. The van der Waals surface area contributed by atoms with Crippen molar-refractivity contribution in [1.82, 2.24) is 14.3 Å². The van der Waals surface area contributed by atoms with E-state index < -0.39 is 0 Å². The second-order valence-corrected chi connectivity index (χ2v) is 8.14. The highest BCUT2D eigenvalue weighted by Gasteiger charge is 2.47. The molecule has 0 radical (unpaired) electrons. The van der Waals surface area contributed by atoms with Gasteiger partial charge in [-0.25, -0.2) is 4.98 Å². The van der Waals surface area contributed by atoms with Crippen molar-refractivity contribution in [3.8, 4) is 11.3 Å². The predicted molar refractivity (Wildman–Crippen MR) is 109 cm³/mol. The number of likely N-dealkylation sites (tertiary alicyclic amines) is 1. The molecule has 29 heavy (non-hydrogen) atoms. The van der Waals surface area contributed by atoms with Crippen LogP contribution in [0.2, 0.25) is 0 Å². The molecule has 1 aliphatic carbocycles. The lowest BCUT2D eigenvalue weighted by Crippen LogP contribution is -2.38. The summed E-state index contributed by atoms with van der Waals surface area (Å²) in [7, 11) is 0. The Balaban J connectivity index is 1.24. The minimum Gasteiger partial charge on any atom is -0.325 e. The van der Waals surface area contributed by atoms with Crippen LogP contribution in [-0.4, -0.2) is 38.6 Å². The number of rotatable bonds is 4. The SMILES string of the molecule is O=C(CN1C(=O)[C@@H]2CC=CC[C@H]2C1=O)Nc1ccc(-c2cn3ccsc3n2)cc1. The molecule has 2 aliphatic rings. The van der Waals surface area contributed by atoms with Gasteiger partial charge in [0.2, 0.25) is 17.7 Å². The van der Waals surface area contributed by atoms with Crippen LogP contribution in [0.4, 0.5) is 5.69 Å². The maximum Gasteiger partial charge on any atom is 0.244 e. The van der Waals surface area contributed by atoms with Gasteiger partial charge in [-0.05, 0) is 25.0 Å². The monoisotopic (exact) mass is 406 g/mol. The number of hydrogen-bond donors (Lipinski definition) is 1. The van der Waals surface area contributed by atoms with Crippen molar-refractivity contribution in [3.05, 3.63) is 54.2 Å². The quantitative estimate of drug-likeness (QED) is 0.533. The minimum absolute atomic E-state index is 0.241. The average Bonchev–Trinajstić information content (AvgIpc) is 3.39. The average molecular weight is 406 g/mol. The van der Waals surface area contributed by atoms with Crippen molar-refractivity contribution in [2.75, 3.05) is 11.9 Å².